The second kappa shape index (κ2) is 22.7. The molecule has 8 heteroatoms. The number of carboxylic acids is 3. The molecular weight excluding hydrogens is 240 g/mol. The van der Waals surface area contributed by atoms with Crippen molar-refractivity contribution in [2.24, 2.45) is 0 Å². The zero-order valence-electron chi connectivity index (χ0n) is 7.80. The first-order chi connectivity index (χ1) is 5.20. The Morgan fingerprint density at radius 2 is 0.714 bits per heavy atom. The van der Waals surface area contributed by atoms with Gasteiger partial charge in [0.2, 0.25) is 0 Å². The van der Waals surface area contributed by atoms with Crippen molar-refractivity contribution in [2.75, 3.05) is 0 Å². The van der Waals surface area contributed by atoms with Gasteiger partial charge in [-0.2, -0.15) is 0 Å². The summed E-state index contributed by atoms with van der Waals surface area (Å²) in [7, 11) is 0. The van der Waals surface area contributed by atoms with Crippen LogP contribution < -0.4 is 15.3 Å². The summed E-state index contributed by atoms with van der Waals surface area (Å²) in [5, 5.41) is 26.7. The molecule has 14 heavy (non-hydrogen) atoms. The third-order valence-electron chi connectivity index (χ3n) is 0. The van der Waals surface area contributed by atoms with Gasteiger partial charge in [-0.1, -0.05) is 0 Å². The van der Waals surface area contributed by atoms with Crippen LogP contribution in [0, 0.1) is 0 Å². The third-order valence-corrected chi connectivity index (χ3v) is 0. The quantitative estimate of drug-likeness (QED) is 0.395. The van der Waals surface area contributed by atoms with Gasteiger partial charge in [0.1, 0.15) is 0 Å². The third kappa shape index (κ3) is 864. The number of carbonyl (C=O) groups excluding carboxylic acids is 3. The van der Waals surface area contributed by atoms with E-state index in [4.69, 9.17) is 29.7 Å². The molecular formula is C6H11FeO7. The molecule has 0 saturated carbocycles. The summed E-state index contributed by atoms with van der Waals surface area (Å²) < 4.78 is 0. The maximum atomic E-state index is 8.89. The number of hydrogen-bond acceptors (Lipinski definition) is 6. The minimum absolute atomic E-state index is 0. The van der Waals surface area contributed by atoms with Gasteiger partial charge in [0.05, 0.1) is 0 Å². The SMILES string of the molecule is CC(=O)[O-].CC(=O)[O-].CC(=O)[O-].O.[Fe+3]. The predicted octanol–water partition coefficient (Wildman–Crippen LogP) is -4.56. The van der Waals surface area contributed by atoms with Gasteiger partial charge < -0.3 is 35.2 Å². The molecule has 1 radical (unpaired) electrons. The Kier molecular flexibility index (Phi) is 47.4. The smallest absolute Gasteiger partial charge is 0.550 e. The van der Waals surface area contributed by atoms with Crippen LogP contribution in [0.3, 0.4) is 0 Å². The first kappa shape index (κ1) is 29.3. The average Bonchev–Trinajstić information content (AvgIpc) is 1.54. The Hall–Kier alpha value is -1.11. The summed E-state index contributed by atoms with van der Waals surface area (Å²) in [4.78, 5) is 26.7. The van der Waals surface area contributed by atoms with Gasteiger partial charge in [0, 0.05) is 17.9 Å². The number of aliphatic carboxylic acids is 3. The molecule has 0 aromatic heterocycles. The Bertz CT molecular complexity index is 116. The van der Waals surface area contributed by atoms with Gasteiger partial charge in [-0.25, -0.2) is 0 Å². The standard InChI is InChI=1S/3C2H4O2.Fe.H2O/c3*1-2(3)4;;/h3*1H3,(H,3,4);;1H2/q;;;+3;/p-3. The minimum atomic E-state index is -1.08. The van der Waals surface area contributed by atoms with Crippen LogP contribution in [0.5, 0.6) is 0 Å². The minimum Gasteiger partial charge on any atom is -0.550 e. The zero-order valence-corrected chi connectivity index (χ0v) is 8.91. The van der Waals surface area contributed by atoms with Crippen molar-refractivity contribution in [3.63, 3.8) is 0 Å². The molecule has 0 unspecified atom stereocenters. The fourth-order valence-electron chi connectivity index (χ4n) is 0. The van der Waals surface area contributed by atoms with Crippen LogP contribution in [-0.2, 0) is 31.5 Å². The van der Waals surface area contributed by atoms with E-state index in [0.717, 1.165) is 20.8 Å². The summed E-state index contributed by atoms with van der Waals surface area (Å²) in [6.45, 7) is 2.92. The summed E-state index contributed by atoms with van der Waals surface area (Å²) in [6.07, 6.45) is 0. The molecule has 0 spiro atoms. The normalized spacial score (nSPS) is 5.36. The number of carbonyl (C=O) groups is 3. The monoisotopic (exact) mass is 251 g/mol. The fraction of sp³-hybridized carbons (Fsp3) is 0.500. The van der Waals surface area contributed by atoms with Crippen LogP contribution in [0.1, 0.15) is 20.8 Å². The van der Waals surface area contributed by atoms with E-state index < -0.39 is 17.9 Å². The Labute approximate surface area is 91.5 Å². The second-order valence-corrected chi connectivity index (χ2v) is 1.47. The molecule has 0 rings (SSSR count). The second-order valence-electron chi connectivity index (χ2n) is 1.47. The topological polar surface area (TPSA) is 152 Å². The largest absolute Gasteiger partial charge is 3.00 e. The van der Waals surface area contributed by atoms with E-state index in [9.17, 15) is 0 Å². The molecule has 0 fully saturated rings. The van der Waals surface area contributed by atoms with Gasteiger partial charge in [0.15, 0.2) is 0 Å². The van der Waals surface area contributed by atoms with Crippen molar-refractivity contribution >= 4 is 17.9 Å². The van der Waals surface area contributed by atoms with Gasteiger partial charge >= 0.3 is 17.1 Å². The van der Waals surface area contributed by atoms with Crippen molar-refractivity contribution in [1.82, 2.24) is 0 Å². The molecule has 0 aliphatic heterocycles. The van der Waals surface area contributed by atoms with Crippen molar-refractivity contribution in [3.05, 3.63) is 0 Å². The summed E-state index contributed by atoms with van der Waals surface area (Å²) >= 11 is 0. The van der Waals surface area contributed by atoms with Crippen LogP contribution in [0.4, 0.5) is 0 Å². The Balaban J connectivity index is -0.0000000270. The maximum absolute atomic E-state index is 8.89. The average molecular weight is 251 g/mol. The van der Waals surface area contributed by atoms with E-state index in [1.807, 2.05) is 0 Å². The first-order valence-electron chi connectivity index (χ1n) is 2.72. The number of rotatable bonds is 0. The van der Waals surface area contributed by atoms with Crippen LogP contribution in [-0.4, -0.2) is 23.4 Å². The van der Waals surface area contributed by atoms with Gasteiger partial charge in [-0.3, -0.25) is 0 Å². The van der Waals surface area contributed by atoms with Crippen LogP contribution in [0.25, 0.3) is 0 Å². The summed E-state index contributed by atoms with van der Waals surface area (Å²) in [5.41, 5.74) is 0. The van der Waals surface area contributed by atoms with E-state index in [2.05, 4.69) is 0 Å². The van der Waals surface area contributed by atoms with Crippen molar-refractivity contribution < 1.29 is 52.2 Å². The number of hydrogen-bond donors (Lipinski definition) is 0. The molecule has 0 aromatic rings. The van der Waals surface area contributed by atoms with E-state index in [1.165, 1.54) is 0 Å². The Morgan fingerprint density at radius 3 is 0.714 bits per heavy atom. The molecule has 2 N–H and O–H groups in total. The van der Waals surface area contributed by atoms with Gasteiger partial charge in [0.25, 0.3) is 0 Å². The molecule has 85 valence electrons. The maximum Gasteiger partial charge on any atom is 3.00 e. The van der Waals surface area contributed by atoms with Crippen molar-refractivity contribution in [1.29, 1.82) is 0 Å². The summed E-state index contributed by atoms with van der Waals surface area (Å²) in [6, 6.07) is 0. The molecule has 0 heterocycles. The molecule has 0 bridgehead atoms. The molecule has 0 saturated heterocycles. The predicted molar refractivity (Wildman–Crippen MR) is 35.7 cm³/mol. The van der Waals surface area contributed by atoms with E-state index in [-0.39, 0.29) is 22.5 Å². The zero-order chi connectivity index (χ0) is 10.7. The van der Waals surface area contributed by atoms with Crippen LogP contribution >= 0.6 is 0 Å². The van der Waals surface area contributed by atoms with Gasteiger partial charge in [-0.15, -0.1) is 0 Å². The van der Waals surface area contributed by atoms with Crippen molar-refractivity contribution in [2.45, 2.75) is 20.8 Å². The van der Waals surface area contributed by atoms with E-state index in [1.54, 1.807) is 0 Å². The molecule has 0 amide bonds. The van der Waals surface area contributed by atoms with Crippen molar-refractivity contribution in [3.8, 4) is 0 Å². The van der Waals surface area contributed by atoms with Crippen LogP contribution in [0.15, 0.2) is 0 Å². The fourth-order valence-corrected chi connectivity index (χ4v) is 0. The molecule has 0 aliphatic rings. The number of carboxylic acid groups (broad SMARTS) is 3. The molecule has 0 aliphatic carbocycles. The van der Waals surface area contributed by atoms with Crippen LogP contribution in [0.2, 0.25) is 0 Å². The molecule has 0 atom stereocenters. The van der Waals surface area contributed by atoms with Gasteiger partial charge in [-0.05, 0) is 20.8 Å². The van der Waals surface area contributed by atoms with E-state index >= 15 is 0 Å². The summed E-state index contributed by atoms with van der Waals surface area (Å²) in [5.74, 6) is -3.25. The van der Waals surface area contributed by atoms with E-state index in [0.29, 0.717) is 0 Å². The Morgan fingerprint density at radius 1 is 0.714 bits per heavy atom. The first-order valence-corrected chi connectivity index (χ1v) is 2.72. The molecule has 0 aromatic carbocycles. The molecule has 7 nitrogen and oxygen atoms in total.